The van der Waals surface area contributed by atoms with E-state index in [4.69, 9.17) is 0 Å². The van der Waals surface area contributed by atoms with Crippen molar-refractivity contribution < 1.29 is 19.8 Å². The zero-order valence-electron chi connectivity index (χ0n) is 16.9. The lowest BCUT2D eigenvalue weighted by molar-refractivity contribution is 0.0679. The van der Waals surface area contributed by atoms with Gasteiger partial charge in [-0.25, -0.2) is 9.59 Å². The van der Waals surface area contributed by atoms with Gasteiger partial charge in [0.15, 0.2) is 0 Å². The second kappa shape index (κ2) is 7.78. The summed E-state index contributed by atoms with van der Waals surface area (Å²) in [5.74, 6) is -1.39. The summed E-state index contributed by atoms with van der Waals surface area (Å²) in [6, 6.07) is 11.0. The molecule has 4 unspecified atom stereocenters. The standard InChI is InChI=1S/C24H28O4/c1-13-5-9-17(23(25)26)19(11-13)21-15(3)7-8-16(4)22(21)20-12-14(2)6-10-18(20)24(27)28/h5-6,9-12,15-16,21-22H,7-8H2,1-4H3,(H,25,26)(H,27,28). The molecular formula is C24H28O4. The van der Waals surface area contributed by atoms with Crippen molar-refractivity contribution in [3.05, 3.63) is 69.8 Å². The summed E-state index contributed by atoms with van der Waals surface area (Å²) < 4.78 is 0. The molecule has 4 heteroatoms. The quantitative estimate of drug-likeness (QED) is 0.720. The van der Waals surface area contributed by atoms with Crippen LogP contribution in [0.2, 0.25) is 0 Å². The summed E-state index contributed by atoms with van der Waals surface area (Å²) >= 11 is 0. The third-order valence-corrected chi connectivity index (χ3v) is 6.28. The molecule has 0 radical (unpaired) electrons. The van der Waals surface area contributed by atoms with Gasteiger partial charge >= 0.3 is 11.9 Å². The summed E-state index contributed by atoms with van der Waals surface area (Å²) in [6.07, 6.45) is 2.01. The largest absolute Gasteiger partial charge is 0.478 e. The van der Waals surface area contributed by atoms with Crippen LogP contribution in [0.3, 0.4) is 0 Å². The number of rotatable bonds is 4. The highest BCUT2D eigenvalue weighted by molar-refractivity contribution is 5.91. The molecule has 0 aromatic heterocycles. The summed E-state index contributed by atoms with van der Waals surface area (Å²) in [5.41, 5.74) is 4.35. The molecule has 0 amide bonds. The predicted molar refractivity (Wildman–Crippen MR) is 109 cm³/mol. The first kappa shape index (κ1) is 20.1. The normalized spacial score (nSPS) is 24.7. The van der Waals surface area contributed by atoms with Crippen LogP contribution < -0.4 is 0 Å². The summed E-state index contributed by atoms with van der Waals surface area (Å²) in [4.78, 5) is 23.9. The van der Waals surface area contributed by atoms with Gasteiger partial charge < -0.3 is 10.2 Å². The minimum Gasteiger partial charge on any atom is -0.478 e. The van der Waals surface area contributed by atoms with Crippen LogP contribution in [-0.2, 0) is 0 Å². The smallest absolute Gasteiger partial charge is 0.335 e. The number of carboxylic acids is 2. The van der Waals surface area contributed by atoms with Crippen LogP contribution in [0, 0.1) is 25.7 Å². The van der Waals surface area contributed by atoms with Crippen LogP contribution in [0.15, 0.2) is 36.4 Å². The summed E-state index contributed by atoms with van der Waals surface area (Å²) in [5, 5.41) is 19.6. The molecule has 2 aromatic rings. The monoisotopic (exact) mass is 380 g/mol. The fraction of sp³-hybridized carbons (Fsp3) is 0.417. The Morgan fingerprint density at radius 3 is 1.43 bits per heavy atom. The summed E-state index contributed by atoms with van der Waals surface area (Å²) in [6.45, 7) is 8.26. The number of aryl methyl sites for hydroxylation is 2. The zero-order chi connectivity index (χ0) is 20.6. The molecule has 1 aliphatic carbocycles. The average Bonchev–Trinajstić information content (AvgIpc) is 2.62. The van der Waals surface area contributed by atoms with Gasteiger partial charge in [0.25, 0.3) is 0 Å². The van der Waals surface area contributed by atoms with Crippen LogP contribution in [-0.4, -0.2) is 22.2 Å². The van der Waals surface area contributed by atoms with Crippen molar-refractivity contribution in [3.63, 3.8) is 0 Å². The average molecular weight is 380 g/mol. The van der Waals surface area contributed by atoms with Gasteiger partial charge in [-0.15, -0.1) is 0 Å². The van der Waals surface area contributed by atoms with E-state index in [1.54, 1.807) is 12.1 Å². The topological polar surface area (TPSA) is 74.6 Å². The lowest BCUT2D eigenvalue weighted by Gasteiger charge is -2.42. The van der Waals surface area contributed by atoms with E-state index in [-0.39, 0.29) is 23.7 Å². The molecule has 0 spiro atoms. The van der Waals surface area contributed by atoms with E-state index < -0.39 is 11.9 Å². The highest BCUT2D eigenvalue weighted by Crippen LogP contribution is 2.51. The van der Waals surface area contributed by atoms with Crippen molar-refractivity contribution in [2.45, 2.75) is 52.4 Å². The fourth-order valence-electron chi connectivity index (χ4n) is 4.90. The first-order valence-corrected chi connectivity index (χ1v) is 9.88. The molecule has 0 aliphatic heterocycles. The Bertz CT molecular complexity index is 839. The van der Waals surface area contributed by atoms with Crippen LogP contribution in [0.25, 0.3) is 0 Å². The molecule has 4 atom stereocenters. The van der Waals surface area contributed by atoms with Gasteiger partial charge in [-0.2, -0.15) is 0 Å². The van der Waals surface area contributed by atoms with Crippen LogP contribution in [0.1, 0.15) is 81.5 Å². The van der Waals surface area contributed by atoms with E-state index in [0.29, 0.717) is 11.1 Å². The Kier molecular flexibility index (Phi) is 5.59. The van der Waals surface area contributed by atoms with E-state index in [0.717, 1.165) is 35.1 Å². The van der Waals surface area contributed by atoms with Crippen LogP contribution >= 0.6 is 0 Å². The van der Waals surface area contributed by atoms with Gasteiger partial charge in [0, 0.05) is 0 Å². The van der Waals surface area contributed by atoms with Gasteiger partial charge in [-0.05, 0) is 73.6 Å². The maximum atomic E-state index is 11.9. The van der Waals surface area contributed by atoms with Crippen molar-refractivity contribution >= 4 is 11.9 Å². The lowest BCUT2D eigenvalue weighted by Crippen LogP contribution is -2.31. The van der Waals surface area contributed by atoms with E-state index >= 15 is 0 Å². The second-order valence-electron chi connectivity index (χ2n) is 8.38. The second-order valence-corrected chi connectivity index (χ2v) is 8.38. The molecule has 2 aromatic carbocycles. The van der Waals surface area contributed by atoms with Gasteiger partial charge in [0.1, 0.15) is 0 Å². The fourth-order valence-corrected chi connectivity index (χ4v) is 4.90. The van der Waals surface area contributed by atoms with Gasteiger partial charge in [0.05, 0.1) is 11.1 Å². The van der Waals surface area contributed by atoms with Gasteiger partial charge in [0.2, 0.25) is 0 Å². The molecule has 28 heavy (non-hydrogen) atoms. The zero-order valence-corrected chi connectivity index (χ0v) is 16.9. The molecule has 0 bridgehead atoms. The Labute approximate surface area is 166 Å². The van der Waals surface area contributed by atoms with E-state index in [1.165, 1.54) is 0 Å². The van der Waals surface area contributed by atoms with Crippen molar-refractivity contribution in [2.75, 3.05) is 0 Å². The third-order valence-electron chi connectivity index (χ3n) is 6.28. The predicted octanol–water partition coefficient (Wildman–Crippen LogP) is 5.63. The molecular weight excluding hydrogens is 352 g/mol. The van der Waals surface area contributed by atoms with Crippen molar-refractivity contribution in [1.82, 2.24) is 0 Å². The molecule has 1 saturated carbocycles. The highest BCUT2D eigenvalue weighted by atomic mass is 16.4. The number of carboxylic acid groups (broad SMARTS) is 2. The minimum absolute atomic E-state index is 0.0327. The van der Waals surface area contributed by atoms with E-state index in [2.05, 4.69) is 13.8 Å². The first-order chi connectivity index (χ1) is 13.2. The maximum Gasteiger partial charge on any atom is 0.335 e. The Hall–Kier alpha value is -2.62. The third kappa shape index (κ3) is 3.68. The van der Waals surface area contributed by atoms with Gasteiger partial charge in [-0.1, -0.05) is 49.2 Å². The first-order valence-electron chi connectivity index (χ1n) is 9.88. The highest BCUT2D eigenvalue weighted by Gasteiger charge is 2.40. The Morgan fingerprint density at radius 2 is 1.11 bits per heavy atom. The lowest BCUT2D eigenvalue weighted by atomic mass is 9.61. The molecule has 1 fully saturated rings. The minimum atomic E-state index is -0.929. The molecule has 0 saturated heterocycles. The number of carbonyl (C=O) groups is 2. The van der Waals surface area contributed by atoms with Crippen LogP contribution in [0.5, 0.6) is 0 Å². The maximum absolute atomic E-state index is 11.9. The van der Waals surface area contributed by atoms with Crippen LogP contribution in [0.4, 0.5) is 0 Å². The van der Waals surface area contributed by atoms with Crippen molar-refractivity contribution in [1.29, 1.82) is 0 Å². The Morgan fingerprint density at radius 1 is 0.750 bits per heavy atom. The van der Waals surface area contributed by atoms with E-state index in [1.807, 2.05) is 38.1 Å². The molecule has 148 valence electrons. The van der Waals surface area contributed by atoms with E-state index in [9.17, 15) is 19.8 Å². The Balaban J connectivity index is 2.25. The molecule has 1 aliphatic rings. The summed E-state index contributed by atoms with van der Waals surface area (Å²) in [7, 11) is 0. The molecule has 0 heterocycles. The SMILES string of the molecule is Cc1ccc(C(=O)O)c(C2C(C)CCC(C)C2c2cc(C)ccc2C(=O)O)c1. The molecule has 4 nitrogen and oxygen atoms in total. The number of benzene rings is 2. The molecule has 2 N–H and O–H groups in total. The van der Waals surface area contributed by atoms with Crippen molar-refractivity contribution in [3.8, 4) is 0 Å². The number of hydrogen-bond donors (Lipinski definition) is 2. The number of hydrogen-bond acceptors (Lipinski definition) is 2. The van der Waals surface area contributed by atoms with Gasteiger partial charge in [-0.3, -0.25) is 0 Å². The number of aromatic carboxylic acids is 2. The molecule has 3 rings (SSSR count). The van der Waals surface area contributed by atoms with Crippen molar-refractivity contribution in [2.24, 2.45) is 11.8 Å².